The highest BCUT2D eigenvalue weighted by molar-refractivity contribution is 6.27. The van der Waals surface area contributed by atoms with Crippen molar-refractivity contribution in [2.75, 3.05) is 6.54 Å². The molecule has 0 bridgehead atoms. The van der Waals surface area contributed by atoms with E-state index in [0.29, 0.717) is 6.04 Å². The van der Waals surface area contributed by atoms with Crippen LogP contribution < -0.4 is 11.1 Å². The molecule has 0 spiro atoms. The summed E-state index contributed by atoms with van der Waals surface area (Å²) in [6, 6.07) is 1.49. The van der Waals surface area contributed by atoms with Crippen molar-refractivity contribution in [2.24, 2.45) is 23.5 Å². The van der Waals surface area contributed by atoms with Crippen LogP contribution in [0.5, 0.6) is 0 Å². The maximum atomic E-state index is 9.10. The lowest BCUT2D eigenvalue weighted by Crippen LogP contribution is -2.39. The number of hydrogen-bond donors (Lipinski definition) is 4. The number of rotatable bonds is 3. The third kappa shape index (κ3) is 4.68. The lowest BCUT2D eigenvalue weighted by Gasteiger charge is -2.35. The van der Waals surface area contributed by atoms with Crippen LogP contribution in [-0.4, -0.2) is 40.8 Å². The molecule has 0 aromatic heterocycles. The molecule has 2 aliphatic rings. The van der Waals surface area contributed by atoms with E-state index in [1.54, 1.807) is 0 Å². The minimum Gasteiger partial charge on any atom is -0.473 e. The van der Waals surface area contributed by atoms with Crippen LogP contribution in [0.2, 0.25) is 0 Å². The van der Waals surface area contributed by atoms with E-state index >= 15 is 0 Å². The van der Waals surface area contributed by atoms with Crippen molar-refractivity contribution in [2.45, 2.75) is 58.0 Å². The van der Waals surface area contributed by atoms with Crippen molar-refractivity contribution >= 4 is 11.9 Å². The number of hydrogen-bond acceptors (Lipinski definition) is 4. The largest absolute Gasteiger partial charge is 0.473 e. The van der Waals surface area contributed by atoms with Crippen LogP contribution in [0, 0.1) is 17.8 Å². The molecule has 0 aromatic rings. The average Bonchev–Trinajstić information content (AvgIpc) is 2.76. The van der Waals surface area contributed by atoms with Crippen LogP contribution >= 0.6 is 0 Å². The minimum absolute atomic E-state index is 0.690. The molecule has 2 fully saturated rings. The van der Waals surface area contributed by atoms with Gasteiger partial charge in [-0.3, -0.25) is 0 Å². The first-order chi connectivity index (χ1) is 9.92. The number of carboxylic acid groups (broad SMARTS) is 2. The first-order valence-electron chi connectivity index (χ1n) is 7.84. The van der Waals surface area contributed by atoms with Crippen LogP contribution in [0.3, 0.4) is 0 Å². The summed E-state index contributed by atoms with van der Waals surface area (Å²) in [7, 11) is 0. The zero-order valence-corrected chi connectivity index (χ0v) is 12.9. The number of fused-ring (bicyclic) bond motifs is 1. The molecular formula is C15H28N2O4. The van der Waals surface area contributed by atoms with E-state index in [0.717, 1.165) is 30.3 Å². The molecule has 122 valence electrons. The highest BCUT2D eigenvalue weighted by atomic mass is 16.4. The van der Waals surface area contributed by atoms with Gasteiger partial charge in [0.1, 0.15) is 0 Å². The van der Waals surface area contributed by atoms with Gasteiger partial charge in [-0.05, 0) is 50.5 Å². The number of aliphatic carboxylic acids is 2. The van der Waals surface area contributed by atoms with Gasteiger partial charge >= 0.3 is 11.9 Å². The Morgan fingerprint density at radius 1 is 1.24 bits per heavy atom. The Bertz CT molecular complexity index is 350. The maximum absolute atomic E-state index is 9.10. The monoisotopic (exact) mass is 300 g/mol. The van der Waals surface area contributed by atoms with E-state index in [2.05, 4.69) is 19.2 Å². The first kappa shape index (κ1) is 17.9. The third-order valence-corrected chi connectivity index (χ3v) is 4.94. The standard InChI is InChI=1S/C13H26N2.C2H2O4/c1-3-10-5-4-6-12-11(7-8-14)9(2)15-13(10)12;3-1(4)2(5)6/h9-13,15H,3-8,14H2,1-2H3;(H,3,4)(H,5,6). The Labute approximate surface area is 126 Å². The molecular weight excluding hydrogens is 272 g/mol. The van der Waals surface area contributed by atoms with E-state index in [-0.39, 0.29) is 0 Å². The quantitative estimate of drug-likeness (QED) is 0.584. The molecule has 6 heteroatoms. The number of nitrogens with two attached hydrogens (primary N) is 1. The summed E-state index contributed by atoms with van der Waals surface area (Å²) < 4.78 is 0. The fraction of sp³-hybridized carbons (Fsp3) is 0.867. The van der Waals surface area contributed by atoms with Crippen molar-refractivity contribution in [3.8, 4) is 0 Å². The van der Waals surface area contributed by atoms with Gasteiger partial charge in [-0.2, -0.15) is 0 Å². The summed E-state index contributed by atoms with van der Waals surface area (Å²) in [6.45, 7) is 5.55. The minimum atomic E-state index is -1.82. The van der Waals surface area contributed by atoms with Gasteiger partial charge in [-0.25, -0.2) is 9.59 Å². The molecule has 1 aliphatic heterocycles. The van der Waals surface area contributed by atoms with Gasteiger partial charge in [0.2, 0.25) is 0 Å². The molecule has 0 aromatic carbocycles. The zero-order chi connectivity index (χ0) is 16.0. The summed E-state index contributed by atoms with van der Waals surface area (Å²) >= 11 is 0. The number of nitrogens with one attached hydrogen (secondary N) is 1. The SMILES string of the molecule is CCC1CCCC2C(CCN)C(C)NC12.O=C(O)C(=O)O. The normalized spacial score (nSPS) is 34.5. The lowest BCUT2D eigenvalue weighted by molar-refractivity contribution is -0.159. The molecule has 1 saturated carbocycles. The summed E-state index contributed by atoms with van der Waals surface area (Å²) in [5, 5.41) is 18.6. The van der Waals surface area contributed by atoms with Gasteiger partial charge in [-0.15, -0.1) is 0 Å². The van der Waals surface area contributed by atoms with Crippen LogP contribution in [0.25, 0.3) is 0 Å². The fourth-order valence-corrected chi connectivity index (χ4v) is 3.98. The number of carboxylic acids is 2. The van der Waals surface area contributed by atoms with Gasteiger partial charge in [0.05, 0.1) is 0 Å². The van der Waals surface area contributed by atoms with E-state index < -0.39 is 11.9 Å². The second-order valence-electron chi connectivity index (χ2n) is 6.10. The fourth-order valence-electron chi connectivity index (χ4n) is 3.98. The van der Waals surface area contributed by atoms with Gasteiger partial charge in [0, 0.05) is 12.1 Å². The van der Waals surface area contributed by atoms with Gasteiger partial charge < -0.3 is 21.3 Å². The van der Waals surface area contributed by atoms with Gasteiger partial charge in [-0.1, -0.05) is 19.8 Å². The molecule has 0 radical (unpaired) electrons. The molecule has 1 saturated heterocycles. The summed E-state index contributed by atoms with van der Waals surface area (Å²) in [6.07, 6.45) is 6.87. The van der Waals surface area contributed by atoms with Crippen molar-refractivity contribution in [3.05, 3.63) is 0 Å². The predicted molar refractivity (Wildman–Crippen MR) is 79.9 cm³/mol. The van der Waals surface area contributed by atoms with Gasteiger partial charge in [0.25, 0.3) is 0 Å². The Balaban J connectivity index is 0.000000315. The Kier molecular flexibility index (Phi) is 7.11. The average molecular weight is 300 g/mol. The molecule has 5 unspecified atom stereocenters. The second kappa shape index (κ2) is 8.34. The second-order valence-corrected chi connectivity index (χ2v) is 6.10. The Hall–Kier alpha value is -1.14. The zero-order valence-electron chi connectivity index (χ0n) is 12.9. The first-order valence-corrected chi connectivity index (χ1v) is 7.84. The summed E-state index contributed by atoms with van der Waals surface area (Å²) in [5.41, 5.74) is 5.73. The van der Waals surface area contributed by atoms with Crippen molar-refractivity contribution in [1.82, 2.24) is 5.32 Å². The van der Waals surface area contributed by atoms with Crippen LogP contribution in [0.15, 0.2) is 0 Å². The molecule has 21 heavy (non-hydrogen) atoms. The van der Waals surface area contributed by atoms with E-state index in [4.69, 9.17) is 25.5 Å². The molecule has 1 heterocycles. The summed E-state index contributed by atoms with van der Waals surface area (Å²) in [4.78, 5) is 18.2. The lowest BCUT2D eigenvalue weighted by atomic mass is 9.72. The molecule has 6 nitrogen and oxygen atoms in total. The summed E-state index contributed by atoms with van der Waals surface area (Å²) in [5.74, 6) is -0.962. The van der Waals surface area contributed by atoms with Gasteiger partial charge in [0.15, 0.2) is 0 Å². The molecule has 1 aliphatic carbocycles. The van der Waals surface area contributed by atoms with E-state index in [1.807, 2.05) is 0 Å². The highest BCUT2D eigenvalue weighted by Crippen LogP contribution is 2.42. The molecule has 5 atom stereocenters. The molecule has 0 amide bonds. The highest BCUT2D eigenvalue weighted by Gasteiger charge is 2.44. The van der Waals surface area contributed by atoms with Crippen molar-refractivity contribution < 1.29 is 19.8 Å². The van der Waals surface area contributed by atoms with E-state index in [1.165, 1.54) is 32.1 Å². The maximum Gasteiger partial charge on any atom is 0.414 e. The smallest absolute Gasteiger partial charge is 0.414 e. The number of carbonyl (C=O) groups is 2. The Morgan fingerprint density at radius 2 is 1.86 bits per heavy atom. The van der Waals surface area contributed by atoms with Crippen molar-refractivity contribution in [3.63, 3.8) is 0 Å². The third-order valence-electron chi connectivity index (χ3n) is 4.94. The van der Waals surface area contributed by atoms with Crippen molar-refractivity contribution in [1.29, 1.82) is 0 Å². The van der Waals surface area contributed by atoms with Crippen LogP contribution in [-0.2, 0) is 9.59 Å². The predicted octanol–water partition coefficient (Wildman–Crippen LogP) is 1.29. The molecule has 5 N–H and O–H groups in total. The van der Waals surface area contributed by atoms with E-state index in [9.17, 15) is 0 Å². The van der Waals surface area contributed by atoms with Crippen LogP contribution in [0.1, 0.15) is 46.0 Å². The Morgan fingerprint density at radius 3 is 2.33 bits per heavy atom. The van der Waals surface area contributed by atoms with Crippen LogP contribution in [0.4, 0.5) is 0 Å². The topological polar surface area (TPSA) is 113 Å². The molecule has 2 rings (SSSR count).